The number of ether oxygens (including phenoxy) is 3. The van der Waals surface area contributed by atoms with Crippen molar-refractivity contribution in [2.75, 3.05) is 60.8 Å². The van der Waals surface area contributed by atoms with Crippen LogP contribution in [0.2, 0.25) is 0 Å². The fourth-order valence-electron chi connectivity index (χ4n) is 1.80. The van der Waals surface area contributed by atoms with E-state index in [2.05, 4.69) is 31.0 Å². The van der Waals surface area contributed by atoms with Gasteiger partial charge in [-0.2, -0.15) is 0 Å². The first kappa shape index (κ1) is 18.8. The quantitative estimate of drug-likeness (QED) is 0.609. The molecule has 5 heteroatoms. The number of hydrogen-bond donors (Lipinski definition) is 1. The molecule has 0 rings (SSSR count). The van der Waals surface area contributed by atoms with E-state index in [1.807, 2.05) is 0 Å². The molecule has 19 heavy (non-hydrogen) atoms. The number of nitrogens with zero attached hydrogens (tertiary/aromatic N) is 1. The second kappa shape index (κ2) is 10.6. The summed E-state index contributed by atoms with van der Waals surface area (Å²) in [5.74, 6) is 0. The molecule has 0 spiro atoms. The van der Waals surface area contributed by atoms with Gasteiger partial charge in [0.15, 0.2) is 0 Å². The van der Waals surface area contributed by atoms with Gasteiger partial charge >= 0.3 is 0 Å². The summed E-state index contributed by atoms with van der Waals surface area (Å²) in [6, 6.07) is 0.328. The van der Waals surface area contributed by atoms with E-state index in [0.29, 0.717) is 12.6 Å². The highest BCUT2D eigenvalue weighted by molar-refractivity contribution is 4.79. The van der Waals surface area contributed by atoms with Crippen LogP contribution in [0.5, 0.6) is 0 Å². The molecule has 0 radical (unpaired) electrons. The third kappa shape index (κ3) is 10.3. The second-order valence-corrected chi connectivity index (χ2v) is 5.76. The summed E-state index contributed by atoms with van der Waals surface area (Å²) in [7, 11) is 5.20. The lowest BCUT2D eigenvalue weighted by atomic mass is 10.1. The van der Waals surface area contributed by atoms with Gasteiger partial charge in [-0.15, -0.1) is 0 Å². The van der Waals surface area contributed by atoms with Crippen LogP contribution in [0.25, 0.3) is 0 Å². The molecule has 0 aromatic heterocycles. The van der Waals surface area contributed by atoms with Gasteiger partial charge in [0.25, 0.3) is 0 Å². The minimum absolute atomic E-state index is 0.111. The van der Waals surface area contributed by atoms with Crippen LogP contribution in [0.1, 0.15) is 20.8 Å². The predicted octanol–water partition coefficient (Wildman–Crippen LogP) is 0.984. The minimum atomic E-state index is 0.111. The van der Waals surface area contributed by atoms with Crippen molar-refractivity contribution < 1.29 is 14.2 Å². The average Bonchev–Trinajstić information content (AvgIpc) is 2.34. The van der Waals surface area contributed by atoms with Gasteiger partial charge in [-0.25, -0.2) is 0 Å². The highest BCUT2D eigenvalue weighted by Gasteiger charge is 2.20. The molecule has 1 N–H and O–H groups in total. The van der Waals surface area contributed by atoms with E-state index in [1.54, 1.807) is 21.3 Å². The van der Waals surface area contributed by atoms with E-state index >= 15 is 0 Å². The smallest absolute Gasteiger partial charge is 0.0630 e. The highest BCUT2D eigenvalue weighted by atomic mass is 16.5. The summed E-state index contributed by atoms with van der Waals surface area (Å²) in [6.45, 7) is 11.3. The van der Waals surface area contributed by atoms with Gasteiger partial charge in [0.2, 0.25) is 0 Å². The molecule has 0 aliphatic rings. The molecule has 0 saturated heterocycles. The number of methoxy groups -OCH3 is 3. The van der Waals surface area contributed by atoms with Crippen LogP contribution in [0.4, 0.5) is 0 Å². The van der Waals surface area contributed by atoms with Gasteiger partial charge in [-0.3, -0.25) is 4.90 Å². The van der Waals surface area contributed by atoms with Crippen LogP contribution in [0.15, 0.2) is 0 Å². The maximum atomic E-state index is 5.35. The Balaban J connectivity index is 4.44. The lowest BCUT2D eigenvalue weighted by Crippen LogP contribution is -2.51. The fourth-order valence-corrected chi connectivity index (χ4v) is 1.80. The van der Waals surface area contributed by atoms with Crippen molar-refractivity contribution in [1.82, 2.24) is 10.2 Å². The Labute approximate surface area is 118 Å². The molecule has 0 aliphatic heterocycles. The third-order valence-electron chi connectivity index (χ3n) is 2.91. The van der Waals surface area contributed by atoms with Gasteiger partial charge in [-0.1, -0.05) is 0 Å². The van der Waals surface area contributed by atoms with E-state index in [0.717, 1.165) is 32.8 Å². The summed E-state index contributed by atoms with van der Waals surface area (Å²) in [5.41, 5.74) is 0.111. The molecule has 0 aromatic rings. The molecule has 1 atom stereocenters. The number of nitrogens with one attached hydrogen (secondary N) is 1. The summed E-state index contributed by atoms with van der Waals surface area (Å²) < 4.78 is 15.7. The Morgan fingerprint density at radius 3 is 1.84 bits per heavy atom. The van der Waals surface area contributed by atoms with Crippen LogP contribution in [-0.2, 0) is 14.2 Å². The zero-order valence-electron chi connectivity index (χ0n) is 13.5. The Morgan fingerprint density at radius 1 is 0.947 bits per heavy atom. The minimum Gasteiger partial charge on any atom is -0.383 e. The van der Waals surface area contributed by atoms with Crippen molar-refractivity contribution in [2.24, 2.45) is 0 Å². The first-order valence-corrected chi connectivity index (χ1v) is 6.90. The number of hydrogen-bond acceptors (Lipinski definition) is 5. The van der Waals surface area contributed by atoms with Crippen molar-refractivity contribution in [3.63, 3.8) is 0 Å². The first-order chi connectivity index (χ1) is 8.94. The molecule has 0 aromatic carbocycles. The first-order valence-electron chi connectivity index (χ1n) is 6.90. The topological polar surface area (TPSA) is 43.0 Å². The molecule has 1 unspecified atom stereocenters. The van der Waals surface area contributed by atoms with Gasteiger partial charge < -0.3 is 19.5 Å². The summed E-state index contributed by atoms with van der Waals surface area (Å²) in [4.78, 5) is 2.36. The largest absolute Gasteiger partial charge is 0.383 e. The molecule has 0 fully saturated rings. The molecule has 0 saturated carbocycles. The monoisotopic (exact) mass is 276 g/mol. The molecule has 116 valence electrons. The van der Waals surface area contributed by atoms with E-state index in [-0.39, 0.29) is 5.54 Å². The normalized spacial score (nSPS) is 14.1. The Morgan fingerprint density at radius 2 is 1.47 bits per heavy atom. The molecule has 0 amide bonds. The zero-order chi connectivity index (χ0) is 14.7. The lowest BCUT2D eigenvalue weighted by molar-refractivity contribution is 0.0466. The molecule has 0 aliphatic carbocycles. The van der Waals surface area contributed by atoms with Gasteiger partial charge in [0.1, 0.15) is 0 Å². The van der Waals surface area contributed by atoms with Crippen LogP contribution < -0.4 is 5.32 Å². The summed E-state index contributed by atoms with van der Waals surface area (Å²) in [6.07, 6.45) is 0. The van der Waals surface area contributed by atoms with Crippen LogP contribution in [0.3, 0.4) is 0 Å². The van der Waals surface area contributed by atoms with E-state index in [1.165, 1.54) is 0 Å². The number of rotatable bonds is 11. The van der Waals surface area contributed by atoms with Crippen molar-refractivity contribution in [2.45, 2.75) is 32.4 Å². The van der Waals surface area contributed by atoms with E-state index < -0.39 is 0 Å². The van der Waals surface area contributed by atoms with E-state index in [9.17, 15) is 0 Å². The van der Waals surface area contributed by atoms with Crippen molar-refractivity contribution >= 4 is 0 Å². The highest BCUT2D eigenvalue weighted by Crippen LogP contribution is 2.04. The Bertz CT molecular complexity index is 199. The Kier molecular flexibility index (Phi) is 10.5. The van der Waals surface area contributed by atoms with Gasteiger partial charge in [-0.05, 0) is 20.8 Å². The van der Waals surface area contributed by atoms with Crippen LogP contribution in [0, 0.1) is 0 Å². The summed E-state index contributed by atoms with van der Waals surface area (Å²) in [5, 5.41) is 3.54. The fraction of sp³-hybridized carbons (Fsp3) is 1.00. The van der Waals surface area contributed by atoms with Crippen molar-refractivity contribution in [3.05, 3.63) is 0 Å². The van der Waals surface area contributed by atoms with Gasteiger partial charge in [0.05, 0.1) is 19.8 Å². The average molecular weight is 276 g/mol. The molecule has 0 bridgehead atoms. The van der Waals surface area contributed by atoms with Crippen molar-refractivity contribution in [1.29, 1.82) is 0 Å². The lowest BCUT2D eigenvalue weighted by Gasteiger charge is -2.33. The molecule has 5 nitrogen and oxygen atoms in total. The third-order valence-corrected chi connectivity index (χ3v) is 2.91. The molecule has 0 heterocycles. The maximum Gasteiger partial charge on any atom is 0.0630 e. The van der Waals surface area contributed by atoms with Crippen molar-refractivity contribution in [3.8, 4) is 0 Å². The zero-order valence-corrected chi connectivity index (χ0v) is 13.5. The van der Waals surface area contributed by atoms with Gasteiger partial charge in [0, 0.05) is 52.5 Å². The maximum absolute atomic E-state index is 5.35. The van der Waals surface area contributed by atoms with E-state index in [4.69, 9.17) is 14.2 Å². The predicted molar refractivity (Wildman–Crippen MR) is 78.7 cm³/mol. The second-order valence-electron chi connectivity index (χ2n) is 5.76. The Hall–Kier alpha value is -0.200. The summed E-state index contributed by atoms with van der Waals surface area (Å²) >= 11 is 0. The molecular weight excluding hydrogens is 244 g/mol. The standard InChI is InChI=1S/C14H32N2O3/c1-14(2,3)15-11-13(12-19-6)16(7-9-17-4)8-10-18-5/h13,15H,7-12H2,1-6H3. The SMILES string of the molecule is COCCN(CCOC)C(CNC(C)(C)C)COC. The molecular formula is C14H32N2O3. The van der Waals surface area contributed by atoms with Crippen LogP contribution >= 0.6 is 0 Å². The van der Waals surface area contributed by atoms with Crippen LogP contribution in [-0.4, -0.2) is 77.3 Å².